The first-order valence-corrected chi connectivity index (χ1v) is 5.14. The van der Waals surface area contributed by atoms with Crippen molar-refractivity contribution in [1.82, 2.24) is 5.48 Å². The smallest absolute Gasteiger partial charge is 0.292 e. The van der Waals surface area contributed by atoms with E-state index < -0.39 is 5.91 Å². The van der Waals surface area contributed by atoms with Crippen molar-refractivity contribution in [2.24, 2.45) is 4.99 Å². The molecule has 1 aliphatic carbocycles. The monoisotopic (exact) mass is 219 g/mol. The molecule has 0 bridgehead atoms. The van der Waals surface area contributed by atoms with Gasteiger partial charge in [0.05, 0.1) is 6.04 Å². The lowest BCUT2D eigenvalue weighted by atomic mass is 10.3. The average Bonchev–Trinajstić information content (AvgIpc) is 3.11. The Balaban J connectivity index is 2.01. The maximum absolute atomic E-state index is 11.6. The van der Waals surface area contributed by atoms with Crippen LogP contribution < -0.4 is 10.8 Å². The van der Waals surface area contributed by atoms with E-state index in [0.29, 0.717) is 5.69 Å². The third-order valence-corrected chi connectivity index (χ3v) is 2.21. The van der Waals surface area contributed by atoms with Gasteiger partial charge in [0.25, 0.3) is 5.91 Å². The lowest BCUT2D eigenvalue weighted by Crippen LogP contribution is -2.34. The van der Waals surface area contributed by atoms with Gasteiger partial charge < -0.3 is 5.32 Å². The predicted octanol–water partition coefficient (Wildman–Crippen LogP) is 1.16. The van der Waals surface area contributed by atoms with E-state index in [2.05, 4.69) is 10.3 Å². The number of hydrogen-bond acceptors (Lipinski definition) is 3. The van der Waals surface area contributed by atoms with Gasteiger partial charge in [-0.3, -0.25) is 15.0 Å². The summed E-state index contributed by atoms with van der Waals surface area (Å²) in [5.74, 6) is -0.466. The summed E-state index contributed by atoms with van der Waals surface area (Å²) in [7, 11) is 0. The summed E-state index contributed by atoms with van der Waals surface area (Å²) in [6.45, 7) is 0. The fourth-order valence-corrected chi connectivity index (χ4v) is 1.24. The molecule has 1 fully saturated rings. The van der Waals surface area contributed by atoms with Crippen LogP contribution in [0.25, 0.3) is 0 Å². The fraction of sp³-hybridized carbons (Fsp3) is 0.273. The Morgan fingerprint density at radius 2 is 2.00 bits per heavy atom. The largest absolute Gasteiger partial charge is 0.319 e. The number of hydrogen-bond donors (Lipinski definition) is 3. The summed E-state index contributed by atoms with van der Waals surface area (Å²) in [4.78, 5) is 15.7. The van der Waals surface area contributed by atoms with E-state index in [0.717, 1.165) is 12.8 Å². The molecule has 2 rings (SSSR count). The number of aliphatic imine (C=N–C) groups is 1. The molecule has 0 saturated heterocycles. The summed E-state index contributed by atoms with van der Waals surface area (Å²) in [5, 5.41) is 11.4. The minimum absolute atomic E-state index is 0.0358. The van der Waals surface area contributed by atoms with Crippen molar-refractivity contribution in [3.63, 3.8) is 0 Å². The summed E-state index contributed by atoms with van der Waals surface area (Å²) in [6, 6.07) is 9.21. The van der Waals surface area contributed by atoms with E-state index in [9.17, 15) is 4.79 Å². The molecule has 5 heteroatoms. The first-order chi connectivity index (χ1) is 7.79. The molecule has 0 unspecified atom stereocenters. The van der Waals surface area contributed by atoms with E-state index >= 15 is 0 Å². The van der Waals surface area contributed by atoms with Crippen molar-refractivity contribution < 1.29 is 10.0 Å². The summed E-state index contributed by atoms with van der Waals surface area (Å²) >= 11 is 0. The second-order valence-electron chi connectivity index (χ2n) is 3.64. The maximum Gasteiger partial charge on any atom is 0.292 e. The van der Waals surface area contributed by atoms with Crippen LogP contribution in [0.1, 0.15) is 12.8 Å². The standard InChI is InChI=1S/C11H13N3O2/c15-11(10(14-16)12-9-6-7-9)13-8-4-2-1-3-5-8/h1-5,9,16H,6-7H2,(H,12,14)(H,13,15). The van der Waals surface area contributed by atoms with Gasteiger partial charge in [-0.25, -0.2) is 5.48 Å². The summed E-state index contributed by atoms with van der Waals surface area (Å²) in [6.07, 6.45) is 1.95. The van der Waals surface area contributed by atoms with Gasteiger partial charge in [-0.05, 0) is 25.0 Å². The Bertz CT molecular complexity index is 399. The Morgan fingerprint density at radius 1 is 1.31 bits per heavy atom. The number of anilines is 1. The zero-order valence-electron chi connectivity index (χ0n) is 8.68. The number of hydroxylamine groups is 1. The number of para-hydroxylation sites is 1. The van der Waals surface area contributed by atoms with Crippen LogP contribution in [0.5, 0.6) is 0 Å². The molecule has 0 atom stereocenters. The number of nitrogens with one attached hydrogen (secondary N) is 2. The van der Waals surface area contributed by atoms with Crippen LogP contribution in [-0.2, 0) is 4.79 Å². The Labute approximate surface area is 93.2 Å². The minimum atomic E-state index is -0.430. The van der Waals surface area contributed by atoms with Gasteiger partial charge in [-0.2, -0.15) is 0 Å². The van der Waals surface area contributed by atoms with Crippen LogP contribution in [0.15, 0.2) is 35.3 Å². The van der Waals surface area contributed by atoms with Gasteiger partial charge in [0.15, 0.2) is 0 Å². The van der Waals surface area contributed by atoms with Crippen LogP contribution >= 0.6 is 0 Å². The van der Waals surface area contributed by atoms with E-state index in [4.69, 9.17) is 5.21 Å². The fourth-order valence-electron chi connectivity index (χ4n) is 1.24. The molecule has 16 heavy (non-hydrogen) atoms. The number of rotatable bonds is 2. The molecule has 1 saturated carbocycles. The van der Waals surface area contributed by atoms with Crippen molar-refractivity contribution in [2.75, 3.05) is 5.32 Å². The number of amides is 1. The van der Waals surface area contributed by atoms with Gasteiger partial charge in [0, 0.05) is 5.69 Å². The third kappa shape index (κ3) is 2.80. The number of amidine groups is 1. The lowest BCUT2D eigenvalue weighted by Gasteiger charge is -2.06. The summed E-state index contributed by atoms with van der Waals surface area (Å²) in [5.41, 5.74) is 2.50. The molecule has 1 aromatic carbocycles. The van der Waals surface area contributed by atoms with E-state index in [1.807, 2.05) is 23.7 Å². The highest BCUT2D eigenvalue weighted by molar-refractivity contribution is 6.41. The molecular formula is C11H13N3O2. The second kappa shape index (κ2) is 4.76. The topological polar surface area (TPSA) is 73.7 Å². The highest BCUT2D eigenvalue weighted by Crippen LogP contribution is 2.23. The maximum atomic E-state index is 11.6. The number of nitrogens with zero attached hydrogens (tertiary/aromatic N) is 1. The van der Waals surface area contributed by atoms with Crippen LogP contribution in [-0.4, -0.2) is 23.0 Å². The van der Waals surface area contributed by atoms with Crippen molar-refractivity contribution in [3.8, 4) is 0 Å². The lowest BCUT2D eigenvalue weighted by molar-refractivity contribution is -0.110. The van der Waals surface area contributed by atoms with Crippen LogP contribution in [0.3, 0.4) is 0 Å². The zero-order chi connectivity index (χ0) is 11.4. The van der Waals surface area contributed by atoms with Crippen molar-refractivity contribution in [3.05, 3.63) is 30.3 Å². The molecule has 0 aromatic heterocycles. The molecular weight excluding hydrogens is 206 g/mol. The molecule has 0 radical (unpaired) electrons. The number of benzene rings is 1. The highest BCUT2D eigenvalue weighted by atomic mass is 16.5. The Morgan fingerprint density at radius 3 is 2.56 bits per heavy atom. The normalized spacial score (nSPS) is 15.7. The molecule has 0 aliphatic heterocycles. The quantitative estimate of drug-likeness (QED) is 0.397. The van der Waals surface area contributed by atoms with E-state index in [1.165, 1.54) is 0 Å². The summed E-state index contributed by atoms with van der Waals surface area (Å²) < 4.78 is 0. The van der Waals surface area contributed by atoms with E-state index in [-0.39, 0.29) is 11.9 Å². The molecule has 3 N–H and O–H groups in total. The highest BCUT2D eigenvalue weighted by Gasteiger charge is 2.23. The molecule has 0 heterocycles. The third-order valence-electron chi connectivity index (χ3n) is 2.21. The zero-order valence-corrected chi connectivity index (χ0v) is 8.68. The number of carbonyl (C=O) groups excluding carboxylic acids is 1. The molecule has 1 aromatic rings. The van der Waals surface area contributed by atoms with Gasteiger partial charge in [0.2, 0.25) is 5.84 Å². The van der Waals surface area contributed by atoms with Gasteiger partial charge in [-0.15, -0.1) is 0 Å². The number of carbonyl (C=O) groups is 1. The van der Waals surface area contributed by atoms with Crippen molar-refractivity contribution in [1.29, 1.82) is 0 Å². The molecule has 84 valence electrons. The van der Waals surface area contributed by atoms with E-state index in [1.54, 1.807) is 12.1 Å². The van der Waals surface area contributed by atoms with Crippen LogP contribution in [0.4, 0.5) is 5.69 Å². The molecule has 5 nitrogen and oxygen atoms in total. The van der Waals surface area contributed by atoms with Crippen LogP contribution in [0.2, 0.25) is 0 Å². The van der Waals surface area contributed by atoms with Gasteiger partial charge in [-0.1, -0.05) is 18.2 Å². The van der Waals surface area contributed by atoms with Gasteiger partial charge in [0.1, 0.15) is 0 Å². The minimum Gasteiger partial charge on any atom is -0.319 e. The van der Waals surface area contributed by atoms with Crippen molar-refractivity contribution in [2.45, 2.75) is 18.9 Å². The predicted molar refractivity (Wildman–Crippen MR) is 60.5 cm³/mol. The molecule has 1 amide bonds. The first kappa shape index (κ1) is 10.6. The first-order valence-electron chi connectivity index (χ1n) is 5.14. The van der Waals surface area contributed by atoms with Gasteiger partial charge >= 0.3 is 0 Å². The molecule has 0 spiro atoms. The average molecular weight is 219 g/mol. The second-order valence-corrected chi connectivity index (χ2v) is 3.64. The van der Waals surface area contributed by atoms with Crippen LogP contribution in [0, 0.1) is 0 Å². The Hall–Kier alpha value is -1.88. The van der Waals surface area contributed by atoms with Crippen molar-refractivity contribution >= 4 is 17.4 Å². The SMILES string of the molecule is O=C(Nc1ccccc1)C(=NC1CC1)NO. The molecule has 1 aliphatic rings. The Kier molecular flexibility index (Phi) is 3.16.